The van der Waals surface area contributed by atoms with Gasteiger partial charge in [0.2, 0.25) is 0 Å². The summed E-state index contributed by atoms with van der Waals surface area (Å²) >= 11 is 5.78. The zero-order valence-corrected chi connectivity index (χ0v) is 18.3. The van der Waals surface area contributed by atoms with Crippen molar-refractivity contribution in [3.8, 4) is 11.5 Å². The molecule has 5 heteroatoms. The highest BCUT2D eigenvalue weighted by Crippen LogP contribution is 2.43. The number of hydrogen-bond donors (Lipinski definition) is 1. The third kappa shape index (κ3) is 3.88. The topological polar surface area (TPSA) is 33.7 Å². The van der Waals surface area contributed by atoms with Crippen LogP contribution in [0.5, 0.6) is 11.5 Å². The summed E-state index contributed by atoms with van der Waals surface area (Å²) in [6.07, 6.45) is 9.83. The van der Waals surface area contributed by atoms with Gasteiger partial charge in [0.15, 0.2) is 0 Å². The molecule has 1 unspecified atom stereocenters. The van der Waals surface area contributed by atoms with Crippen molar-refractivity contribution >= 4 is 17.2 Å². The van der Waals surface area contributed by atoms with Crippen molar-refractivity contribution in [1.29, 1.82) is 0 Å². The van der Waals surface area contributed by atoms with Crippen molar-refractivity contribution in [3.05, 3.63) is 23.3 Å². The molecule has 1 heterocycles. The zero-order chi connectivity index (χ0) is 19.7. The van der Waals surface area contributed by atoms with Gasteiger partial charge in [-0.05, 0) is 62.5 Å². The molecule has 0 aromatic heterocycles. The lowest BCUT2D eigenvalue weighted by molar-refractivity contribution is 0.0350. The molecule has 1 aliphatic heterocycles. The van der Waals surface area contributed by atoms with Crippen molar-refractivity contribution < 1.29 is 9.47 Å². The lowest BCUT2D eigenvalue weighted by Gasteiger charge is -2.47. The molecule has 2 aliphatic carbocycles. The lowest BCUT2D eigenvalue weighted by Crippen LogP contribution is -2.50. The van der Waals surface area contributed by atoms with Gasteiger partial charge < -0.3 is 14.8 Å². The molecule has 4 rings (SSSR count). The number of ether oxygens (including phenoxy) is 2. The summed E-state index contributed by atoms with van der Waals surface area (Å²) in [5.41, 5.74) is 2.04. The van der Waals surface area contributed by atoms with Gasteiger partial charge in [-0.15, -0.1) is 0 Å². The summed E-state index contributed by atoms with van der Waals surface area (Å²) in [7, 11) is 3.38. The molecule has 4 nitrogen and oxygen atoms in total. The summed E-state index contributed by atoms with van der Waals surface area (Å²) in [4.78, 5) is 3.57. The van der Waals surface area contributed by atoms with E-state index >= 15 is 0 Å². The van der Waals surface area contributed by atoms with E-state index in [1.165, 1.54) is 51.5 Å². The van der Waals surface area contributed by atoms with Crippen LogP contribution in [0.1, 0.15) is 56.1 Å². The Kier molecular flexibility index (Phi) is 6.12. The maximum atomic E-state index is 5.78. The van der Waals surface area contributed by atoms with Crippen molar-refractivity contribution in [2.75, 3.05) is 27.3 Å². The van der Waals surface area contributed by atoms with Crippen LogP contribution in [0, 0.1) is 18.8 Å². The number of likely N-dealkylation sites (tertiary alicyclic amines) is 1. The predicted molar refractivity (Wildman–Crippen MR) is 118 cm³/mol. The van der Waals surface area contributed by atoms with Gasteiger partial charge in [0.25, 0.3) is 0 Å². The lowest BCUT2D eigenvalue weighted by atomic mass is 9.68. The number of hydrogen-bond acceptors (Lipinski definition) is 4. The first-order valence-corrected chi connectivity index (χ1v) is 11.3. The number of methoxy groups -OCH3 is 2. The van der Waals surface area contributed by atoms with Gasteiger partial charge in [-0.25, -0.2) is 0 Å². The van der Waals surface area contributed by atoms with Crippen LogP contribution in [0.15, 0.2) is 12.1 Å². The van der Waals surface area contributed by atoms with E-state index in [9.17, 15) is 0 Å². The molecule has 3 fully saturated rings. The van der Waals surface area contributed by atoms with Crippen LogP contribution in [0.4, 0.5) is 0 Å². The van der Waals surface area contributed by atoms with E-state index in [-0.39, 0.29) is 0 Å². The summed E-state index contributed by atoms with van der Waals surface area (Å²) in [5, 5.41) is 3.64. The Labute approximate surface area is 175 Å². The zero-order valence-electron chi connectivity index (χ0n) is 17.5. The Bertz CT molecular complexity index is 701. The smallest absolute Gasteiger partial charge is 0.132 e. The van der Waals surface area contributed by atoms with E-state index in [0.717, 1.165) is 52.0 Å². The SMILES string of the molecule is COc1cc(OC)c(C(=S)NC2CCN(C3C4CCCC3CCC4)C2)cc1C. The summed E-state index contributed by atoms with van der Waals surface area (Å²) < 4.78 is 11.0. The van der Waals surface area contributed by atoms with Crippen LogP contribution in [-0.2, 0) is 0 Å². The molecule has 1 N–H and O–H groups in total. The van der Waals surface area contributed by atoms with Crippen LogP contribution in [0.3, 0.4) is 0 Å². The van der Waals surface area contributed by atoms with Crippen LogP contribution in [0.25, 0.3) is 0 Å². The first-order chi connectivity index (χ1) is 13.6. The Morgan fingerprint density at radius 1 is 1.00 bits per heavy atom. The van der Waals surface area contributed by atoms with Gasteiger partial charge in [0.1, 0.15) is 16.5 Å². The number of thiocarbonyl (C=S) groups is 1. The molecule has 154 valence electrons. The molecule has 1 aromatic carbocycles. The first kappa shape index (κ1) is 20.0. The Morgan fingerprint density at radius 2 is 1.64 bits per heavy atom. The molecule has 0 radical (unpaired) electrons. The average Bonchev–Trinajstić information content (AvgIpc) is 3.15. The minimum absolute atomic E-state index is 0.433. The van der Waals surface area contributed by atoms with Gasteiger partial charge in [0, 0.05) is 31.2 Å². The molecule has 28 heavy (non-hydrogen) atoms. The fourth-order valence-electron chi connectivity index (χ4n) is 5.91. The minimum atomic E-state index is 0.433. The number of rotatable bonds is 5. The Balaban J connectivity index is 1.42. The van der Waals surface area contributed by atoms with Gasteiger partial charge in [0.05, 0.1) is 19.8 Å². The van der Waals surface area contributed by atoms with E-state index in [2.05, 4.69) is 16.3 Å². The monoisotopic (exact) mass is 402 g/mol. The number of aryl methyl sites for hydroxylation is 1. The molecular weight excluding hydrogens is 368 g/mol. The quantitative estimate of drug-likeness (QED) is 0.742. The molecule has 3 aliphatic rings. The molecule has 0 amide bonds. The highest BCUT2D eigenvalue weighted by molar-refractivity contribution is 7.80. The van der Waals surface area contributed by atoms with Gasteiger partial charge >= 0.3 is 0 Å². The van der Waals surface area contributed by atoms with Crippen LogP contribution >= 0.6 is 12.2 Å². The molecule has 2 saturated carbocycles. The molecule has 1 saturated heterocycles. The molecular formula is C23H34N2O2S. The summed E-state index contributed by atoms with van der Waals surface area (Å²) in [5.74, 6) is 3.47. The standard InChI is InChI=1S/C23H34N2O2S/c1-15-12-19(21(27-3)13-20(15)26-2)23(28)24-18-10-11-25(14-18)22-16-6-4-7-17(22)9-5-8-16/h12-13,16-18,22H,4-11,14H2,1-3H3,(H,24,28). The van der Waals surface area contributed by atoms with Crippen molar-refractivity contribution in [2.24, 2.45) is 11.8 Å². The van der Waals surface area contributed by atoms with E-state index in [4.69, 9.17) is 21.7 Å². The van der Waals surface area contributed by atoms with Crippen LogP contribution < -0.4 is 14.8 Å². The molecule has 0 spiro atoms. The highest BCUT2D eigenvalue weighted by Gasteiger charge is 2.41. The Hall–Kier alpha value is -1.33. The third-order valence-corrected chi connectivity index (χ3v) is 7.54. The van der Waals surface area contributed by atoms with Crippen molar-refractivity contribution in [2.45, 2.75) is 64.0 Å². The molecule has 2 bridgehead atoms. The number of nitrogens with zero attached hydrogens (tertiary/aromatic N) is 1. The fraction of sp³-hybridized carbons (Fsp3) is 0.696. The largest absolute Gasteiger partial charge is 0.496 e. The summed E-state index contributed by atoms with van der Waals surface area (Å²) in [6.45, 7) is 4.37. The van der Waals surface area contributed by atoms with E-state index in [0.29, 0.717) is 6.04 Å². The van der Waals surface area contributed by atoms with Gasteiger partial charge in [-0.1, -0.05) is 25.1 Å². The van der Waals surface area contributed by atoms with E-state index in [1.54, 1.807) is 14.2 Å². The molecule has 1 aromatic rings. The molecule has 1 atom stereocenters. The maximum absolute atomic E-state index is 5.78. The maximum Gasteiger partial charge on any atom is 0.132 e. The average molecular weight is 403 g/mol. The second kappa shape index (κ2) is 8.58. The van der Waals surface area contributed by atoms with Crippen LogP contribution in [0.2, 0.25) is 0 Å². The van der Waals surface area contributed by atoms with E-state index < -0.39 is 0 Å². The first-order valence-electron chi connectivity index (χ1n) is 10.9. The summed E-state index contributed by atoms with van der Waals surface area (Å²) in [6, 6.07) is 5.26. The van der Waals surface area contributed by atoms with Crippen molar-refractivity contribution in [3.63, 3.8) is 0 Å². The normalized spacial score (nSPS) is 30.1. The number of nitrogens with one attached hydrogen (secondary N) is 1. The van der Waals surface area contributed by atoms with Crippen molar-refractivity contribution in [1.82, 2.24) is 10.2 Å². The van der Waals surface area contributed by atoms with Crippen LogP contribution in [-0.4, -0.2) is 49.3 Å². The third-order valence-electron chi connectivity index (χ3n) is 7.20. The highest BCUT2D eigenvalue weighted by atomic mass is 32.1. The number of benzene rings is 1. The second-order valence-electron chi connectivity index (χ2n) is 8.85. The fourth-order valence-corrected chi connectivity index (χ4v) is 6.24. The van der Waals surface area contributed by atoms with Gasteiger partial charge in [-0.2, -0.15) is 0 Å². The second-order valence-corrected chi connectivity index (χ2v) is 9.26. The van der Waals surface area contributed by atoms with Gasteiger partial charge in [-0.3, -0.25) is 4.90 Å². The minimum Gasteiger partial charge on any atom is -0.496 e. The predicted octanol–water partition coefficient (Wildman–Crippen LogP) is 4.32. The van der Waals surface area contributed by atoms with E-state index in [1.807, 2.05) is 13.0 Å². The Morgan fingerprint density at radius 3 is 2.25 bits per heavy atom. The number of fused-ring (bicyclic) bond motifs is 2.